The van der Waals surface area contributed by atoms with E-state index in [0.717, 1.165) is 12.1 Å². The first-order valence-electron chi connectivity index (χ1n) is 24.8. The lowest BCUT2D eigenvalue weighted by atomic mass is 9.88. The molecule has 0 spiro atoms. The summed E-state index contributed by atoms with van der Waals surface area (Å²) in [5, 5.41) is 218. The van der Waals surface area contributed by atoms with Crippen LogP contribution < -0.4 is 4.74 Å². The molecule has 0 aromatic heterocycles. The van der Waals surface area contributed by atoms with Gasteiger partial charge in [0.05, 0.1) is 33.9 Å². The molecule has 87 heavy (non-hydrogen) atoms. The van der Waals surface area contributed by atoms with Crippen LogP contribution in [0.3, 0.4) is 0 Å². The van der Waals surface area contributed by atoms with E-state index in [1.165, 1.54) is 6.07 Å². The first kappa shape index (κ1) is 58.1. The van der Waals surface area contributed by atoms with Gasteiger partial charge < -0.3 is 131 Å². The number of aliphatic hydroxyl groups excluding tert-OH is 1. The lowest BCUT2D eigenvalue weighted by molar-refractivity contribution is -0.131. The minimum Gasteiger partial charge on any atom is -0.507 e. The number of ether oxygens (including phenoxy) is 6. The fraction of sp³-hybridized carbons (Fsp3) is 0.161. The summed E-state index contributed by atoms with van der Waals surface area (Å²) in [6.45, 7) is -1.61. The second kappa shape index (κ2) is 21.2. The van der Waals surface area contributed by atoms with E-state index in [2.05, 4.69) is 0 Å². The number of aromatic hydroxyl groups is 19. The number of hydrogen-bond donors (Lipinski definition) is 20. The van der Waals surface area contributed by atoms with Gasteiger partial charge >= 0.3 is 29.8 Å². The second-order valence-electron chi connectivity index (χ2n) is 19.6. The number of esters is 5. The van der Waals surface area contributed by atoms with Crippen LogP contribution in [0.15, 0.2) is 60.7 Å². The lowest BCUT2D eigenvalue weighted by Gasteiger charge is -2.37. The second-order valence-corrected chi connectivity index (χ2v) is 19.6. The largest absolute Gasteiger partial charge is 0.507 e. The Labute approximate surface area is 481 Å². The number of fused-ring (bicyclic) bond motifs is 7. The number of hydrogen-bond acceptors (Lipinski definition) is 31. The molecule has 3 aliphatic heterocycles. The molecule has 0 aliphatic carbocycles. The Balaban J connectivity index is 1.27. The number of rotatable bonds is 6. The highest BCUT2D eigenvalue weighted by atomic mass is 16.6. The average Bonchev–Trinajstić information content (AvgIpc) is 1.39. The van der Waals surface area contributed by atoms with Gasteiger partial charge in [-0.1, -0.05) is 6.07 Å². The van der Waals surface area contributed by atoms with Crippen LogP contribution in [0.4, 0.5) is 0 Å². The fourth-order valence-electron chi connectivity index (χ4n) is 10.1. The van der Waals surface area contributed by atoms with Crippen molar-refractivity contribution in [2.75, 3.05) is 6.61 Å². The summed E-state index contributed by atoms with van der Waals surface area (Å²) in [5.41, 5.74) is -11.7. The SMILES string of the molecule is O=C(OC1COC(=O)c2cc(O)c(O)c(O)c2-c2c(cc(O)c(O)c2O)C(=O)O[C@H]1[C@@H]1OC(=O)c2cc(O)c(O)c(O)c2-c2c(cc(O)c(O)c2O)C(=O)OC1Cc1c(O)cc(O)c2c1OC(c1ccc(O)c(O)c1)[C@@H](O)C2)c1cc(O)c(O)c(O)c1. The molecule has 0 radical (unpaired) electrons. The van der Waals surface area contributed by atoms with Crippen LogP contribution in [0, 0.1) is 0 Å². The standard InChI is InChI=1S/C56H42O31/c57-22-2-1-14(3-25(22)60)48-32(67)6-16-23(58)12-24(59)17(49(16)85-48)11-33-50(86-55(80)21-10-31(66)43(72)47(76)38(21)36-19(54(79)83-33)8-29(64)41(70)45(36)74)51-34(84-52(77)15-4-26(61)39(68)27(62)5-15)13-82-53(78)18-7-28(63)40(69)44(73)35(18)37-20(56(81)87-51)9-30(65)42(71)46(37)75/h1-5,7-10,12,32-34,48,50-51,57-76H,6,11,13H2/t32-,33?,34?,48?,50+,51+/m0/s1. The maximum absolute atomic E-state index is 15.3. The van der Waals surface area contributed by atoms with Crippen LogP contribution in [0.5, 0.6) is 115 Å². The van der Waals surface area contributed by atoms with E-state index in [1.54, 1.807) is 0 Å². The van der Waals surface area contributed by atoms with Gasteiger partial charge in [0.15, 0.2) is 93.1 Å². The number of carbonyl (C=O) groups is 5. The van der Waals surface area contributed by atoms with E-state index in [4.69, 9.17) is 28.4 Å². The minimum absolute atomic E-state index is 0.0739. The first-order valence-corrected chi connectivity index (χ1v) is 24.8. The first-order chi connectivity index (χ1) is 41.0. The van der Waals surface area contributed by atoms with Crippen molar-refractivity contribution in [2.24, 2.45) is 0 Å². The van der Waals surface area contributed by atoms with Crippen LogP contribution in [0.1, 0.15) is 74.6 Å². The molecule has 3 aliphatic rings. The molecule has 0 bridgehead atoms. The monoisotopic (exact) mass is 1210 g/mol. The van der Waals surface area contributed by atoms with Crippen molar-refractivity contribution in [3.63, 3.8) is 0 Å². The zero-order chi connectivity index (χ0) is 63.3. The molecule has 0 fully saturated rings. The van der Waals surface area contributed by atoms with Crippen molar-refractivity contribution in [1.29, 1.82) is 0 Å². The Morgan fingerprint density at radius 3 is 1.34 bits per heavy atom. The van der Waals surface area contributed by atoms with Gasteiger partial charge in [-0.2, -0.15) is 0 Å². The van der Waals surface area contributed by atoms with E-state index in [-0.39, 0.29) is 11.1 Å². The summed E-state index contributed by atoms with van der Waals surface area (Å²) in [6, 6.07) is 6.15. The van der Waals surface area contributed by atoms with Gasteiger partial charge in [0.2, 0.25) is 23.0 Å². The molecule has 31 nitrogen and oxygen atoms in total. The number of benzene rings is 7. The number of phenolic OH excluding ortho intramolecular Hbond substituents is 19. The van der Waals surface area contributed by atoms with Crippen molar-refractivity contribution in [3.8, 4) is 137 Å². The lowest BCUT2D eigenvalue weighted by Crippen LogP contribution is -2.54. The molecule has 3 unspecified atom stereocenters. The molecule has 7 aromatic rings. The predicted molar refractivity (Wildman–Crippen MR) is 279 cm³/mol. The zero-order valence-electron chi connectivity index (χ0n) is 43.3. The Kier molecular flexibility index (Phi) is 14.2. The fourth-order valence-corrected chi connectivity index (χ4v) is 10.1. The topological polar surface area (TPSA) is 545 Å². The average molecular weight is 1210 g/mol. The number of carbonyl (C=O) groups excluding carboxylic acids is 5. The van der Waals surface area contributed by atoms with Crippen LogP contribution >= 0.6 is 0 Å². The summed E-state index contributed by atoms with van der Waals surface area (Å²) in [6.07, 6.45) is -16.4. The molecule has 7 aromatic carbocycles. The number of cyclic esters (lactones) is 4. The van der Waals surface area contributed by atoms with Crippen molar-refractivity contribution in [3.05, 3.63) is 105 Å². The van der Waals surface area contributed by atoms with Crippen LogP contribution in [0.2, 0.25) is 0 Å². The third kappa shape index (κ3) is 9.74. The molecule has 452 valence electrons. The summed E-state index contributed by atoms with van der Waals surface area (Å²) in [5.74, 6) is -34.4. The van der Waals surface area contributed by atoms with Gasteiger partial charge in [-0.3, -0.25) is 0 Å². The van der Waals surface area contributed by atoms with Gasteiger partial charge in [0.1, 0.15) is 36.1 Å². The molecule has 0 amide bonds. The summed E-state index contributed by atoms with van der Waals surface area (Å²) < 4.78 is 35.3. The molecule has 20 N–H and O–H groups in total. The smallest absolute Gasteiger partial charge is 0.339 e. The minimum atomic E-state index is -2.94. The molecule has 3 heterocycles. The predicted octanol–water partition coefficient (Wildman–Crippen LogP) is 3.39. The highest BCUT2D eigenvalue weighted by Crippen LogP contribution is 2.56. The molecule has 0 saturated carbocycles. The van der Waals surface area contributed by atoms with Gasteiger partial charge in [-0.15, -0.1) is 0 Å². The van der Waals surface area contributed by atoms with Crippen molar-refractivity contribution in [1.82, 2.24) is 0 Å². The molecule has 0 saturated heterocycles. The summed E-state index contributed by atoms with van der Waals surface area (Å²) >= 11 is 0. The summed E-state index contributed by atoms with van der Waals surface area (Å²) in [4.78, 5) is 74.5. The van der Waals surface area contributed by atoms with Crippen LogP contribution in [-0.4, -0.2) is 169 Å². The van der Waals surface area contributed by atoms with Gasteiger partial charge in [0, 0.05) is 52.3 Å². The number of phenols is 19. The number of aliphatic hydroxyl groups is 1. The Morgan fingerprint density at radius 1 is 0.437 bits per heavy atom. The Hall–Kier alpha value is -12.2. The highest BCUT2D eigenvalue weighted by Gasteiger charge is 2.50. The van der Waals surface area contributed by atoms with Crippen molar-refractivity contribution in [2.45, 2.75) is 49.5 Å². The molecular formula is C56H42O31. The van der Waals surface area contributed by atoms with Crippen molar-refractivity contribution < 1.29 is 155 Å². The molecular weight excluding hydrogens is 1170 g/mol. The van der Waals surface area contributed by atoms with E-state index in [9.17, 15) is 112 Å². The van der Waals surface area contributed by atoms with E-state index < -0.39 is 257 Å². The molecule has 31 heteroatoms. The Bertz CT molecular complexity index is 4130. The summed E-state index contributed by atoms with van der Waals surface area (Å²) in [7, 11) is 0. The Morgan fingerprint density at radius 2 is 0.874 bits per heavy atom. The maximum atomic E-state index is 15.3. The van der Waals surface area contributed by atoms with Crippen molar-refractivity contribution >= 4 is 29.8 Å². The third-order valence-corrected chi connectivity index (χ3v) is 14.3. The quantitative estimate of drug-likeness (QED) is 0.0644. The van der Waals surface area contributed by atoms with E-state index >= 15 is 14.4 Å². The zero-order valence-corrected chi connectivity index (χ0v) is 43.3. The van der Waals surface area contributed by atoms with Crippen LogP contribution in [0.25, 0.3) is 22.3 Å². The maximum Gasteiger partial charge on any atom is 0.339 e. The highest BCUT2D eigenvalue weighted by molar-refractivity contribution is 6.10. The molecule has 10 rings (SSSR count). The van der Waals surface area contributed by atoms with E-state index in [0.29, 0.717) is 42.5 Å². The van der Waals surface area contributed by atoms with E-state index in [1.807, 2.05) is 0 Å². The van der Waals surface area contributed by atoms with Gasteiger partial charge in [-0.05, 0) is 54.1 Å². The van der Waals surface area contributed by atoms with Gasteiger partial charge in [0.25, 0.3) is 0 Å². The van der Waals surface area contributed by atoms with Crippen LogP contribution in [-0.2, 0) is 36.5 Å². The normalized spacial score (nSPS) is 19.1. The third-order valence-electron chi connectivity index (χ3n) is 14.3. The van der Waals surface area contributed by atoms with Gasteiger partial charge in [-0.25, -0.2) is 24.0 Å². The molecule has 6 atom stereocenters.